The number of carbonyl (C=O) groups excluding carboxylic acids is 1. The molecule has 1 heterocycles. The van der Waals surface area contributed by atoms with E-state index in [9.17, 15) is 14.4 Å². The number of para-hydroxylation sites is 1. The number of rotatable bonds is 4. The third-order valence-corrected chi connectivity index (χ3v) is 4.80. The lowest BCUT2D eigenvalue weighted by molar-refractivity contribution is -0.110. The highest BCUT2D eigenvalue weighted by Crippen LogP contribution is 2.24. The van der Waals surface area contributed by atoms with E-state index in [4.69, 9.17) is 23.2 Å². The van der Waals surface area contributed by atoms with Crippen molar-refractivity contribution >= 4 is 40.4 Å². The number of hydrogen-bond acceptors (Lipinski definition) is 3. The Morgan fingerprint density at radius 3 is 2.44 bits per heavy atom. The van der Waals surface area contributed by atoms with Crippen molar-refractivity contribution in [2.24, 2.45) is 0 Å². The van der Waals surface area contributed by atoms with Crippen LogP contribution in [-0.2, 0) is 4.79 Å². The second kappa shape index (κ2) is 6.86. The van der Waals surface area contributed by atoms with Crippen molar-refractivity contribution in [3.05, 3.63) is 73.3 Å². The second-order valence-corrected chi connectivity index (χ2v) is 6.33. The van der Waals surface area contributed by atoms with Gasteiger partial charge < -0.3 is 4.79 Å². The molecule has 0 bridgehead atoms. The molecule has 1 unspecified atom stereocenters. The Kier molecular flexibility index (Phi) is 4.79. The maximum atomic E-state index is 13.1. The van der Waals surface area contributed by atoms with Crippen LogP contribution in [0.4, 0.5) is 0 Å². The fourth-order valence-corrected chi connectivity index (χ4v) is 3.09. The van der Waals surface area contributed by atoms with Gasteiger partial charge in [0.05, 0.1) is 32.7 Å². The third kappa shape index (κ3) is 2.90. The standard InChI is InChI=1S/C18H14Cl2N2O3/c1-2-11(10-23)21-16-6-4-3-5-13(16)17(24)22(18(21)25)12-7-8-14(19)15(20)9-12/h3-11H,2H2,1H3. The van der Waals surface area contributed by atoms with Crippen molar-refractivity contribution in [2.45, 2.75) is 19.4 Å². The van der Waals surface area contributed by atoms with Crippen molar-refractivity contribution in [3.8, 4) is 5.69 Å². The molecule has 1 atom stereocenters. The van der Waals surface area contributed by atoms with Crippen LogP contribution < -0.4 is 11.2 Å². The summed E-state index contributed by atoms with van der Waals surface area (Å²) in [5.41, 5.74) is -0.352. The van der Waals surface area contributed by atoms with Crippen LogP contribution in [0.15, 0.2) is 52.1 Å². The highest BCUT2D eigenvalue weighted by molar-refractivity contribution is 6.42. The van der Waals surface area contributed by atoms with E-state index in [0.717, 1.165) is 4.57 Å². The van der Waals surface area contributed by atoms with Crippen LogP contribution in [0.3, 0.4) is 0 Å². The van der Waals surface area contributed by atoms with Crippen molar-refractivity contribution in [3.63, 3.8) is 0 Å². The van der Waals surface area contributed by atoms with Crippen LogP contribution in [0.1, 0.15) is 19.4 Å². The number of aldehydes is 1. The summed E-state index contributed by atoms with van der Waals surface area (Å²) in [5, 5.41) is 0.889. The molecule has 1 aromatic heterocycles. The van der Waals surface area contributed by atoms with Gasteiger partial charge in [-0.2, -0.15) is 0 Å². The molecule has 5 nitrogen and oxygen atoms in total. The molecule has 0 amide bonds. The molecular weight excluding hydrogens is 363 g/mol. The van der Waals surface area contributed by atoms with Crippen LogP contribution in [0.2, 0.25) is 10.0 Å². The van der Waals surface area contributed by atoms with Crippen LogP contribution in [0.25, 0.3) is 16.6 Å². The Hall–Kier alpha value is -2.37. The molecular formula is C18H14Cl2N2O3. The van der Waals surface area contributed by atoms with Gasteiger partial charge in [-0.05, 0) is 36.8 Å². The lowest BCUT2D eigenvalue weighted by Gasteiger charge is -2.18. The SMILES string of the molecule is CCC(C=O)n1c(=O)n(-c2ccc(Cl)c(Cl)c2)c(=O)c2ccccc21. The van der Waals surface area contributed by atoms with E-state index in [1.165, 1.54) is 22.8 Å². The number of benzene rings is 2. The minimum Gasteiger partial charge on any atom is -0.301 e. The molecule has 2 aromatic carbocycles. The molecule has 7 heteroatoms. The number of halogens is 2. The summed E-state index contributed by atoms with van der Waals surface area (Å²) < 4.78 is 2.35. The van der Waals surface area contributed by atoms with Gasteiger partial charge in [0, 0.05) is 0 Å². The first kappa shape index (κ1) is 17.5. The molecule has 0 spiro atoms. The Labute approximate surface area is 153 Å². The molecule has 0 saturated heterocycles. The molecule has 0 saturated carbocycles. The number of hydrogen-bond donors (Lipinski definition) is 0. The zero-order valence-electron chi connectivity index (χ0n) is 13.3. The smallest absolute Gasteiger partial charge is 0.301 e. The predicted octanol–water partition coefficient (Wildman–Crippen LogP) is 3.61. The van der Waals surface area contributed by atoms with Gasteiger partial charge >= 0.3 is 5.69 Å². The zero-order valence-corrected chi connectivity index (χ0v) is 14.8. The van der Waals surface area contributed by atoms with Gasteiger partial charge in [0.2, 0.25) is 0 Å². The fourth-order valence-electron chi connectivity index (χ4n) is 2.79. The molecule has 0 aliphatic heterocycles. The predicted molar refractivity (Wildman–Crippen MR) is 99.2 cm³/mol. The van der Waals surface area contributed by atoms with Gasteiger partial charge in [-0.3, -0.25) is 9.36 Å². The maximum absolute atomic E-state index is 13.1. The van der Waals surface area contributed by atoms with Gasteiger partial charge in [-0.1, -0.05) is 42.3 Å². The average molecular weight is 377 g/mol. The van der Waals surface area contributed by atoms with E-state index in [1.807, 2.05) is 0 Å². The van der Waals surface area contributed by atoms with Gasteiger partial charge in [-0.15, -0.1) is 0 Å². The van der Waals surface area contributed by atoms with Crippen molar-refractivity contribution in [1.29, 1.82) is 0 Å². The van der Waals surface area contributed by atoms with Gasteiger partial charge in [0.25, 0.3) is 5.56 Å². The summed E-state index contributed by atoms with van der Waals surface area (Å²) in [4.78, 5) is 37.4. The maximum Gasteiger partial charge on any atom is 0.336 e. The monoisotopic (exact) mass is 376 g/mol. The molecule has 128 valence electrons. The van der Waals surface area contributed by atoms with E-state index in [2.05, 4.69) is 0 Å². The van der Waals surface area contributed by atoms with E-state index in [0.29, 0.717) is 34.3 Å². The Balaban J connectivity index is 2.48. The molecule has 3 aromatic rings. The number of nitrogens with zero attached hydrogens (tertiary/aromatic N) is 2. The van der Waals surface area contributed by atoms with Crippen LogP contribution in [-0.4, -0.2) is 15.4 Å². The number of fused-ring (bicyclic) bond motifs is 1. The second-order valence-electron chi connectivity index (χ2n) is 5.52. The lowest BCUT2D eigenvalue weighted by atomic mass is 10.2. The minimum atomic E-state index is -0.674. The molecule has 0 radical (unpaired) electrons. The highest BCUT2D eigenvalue weighted by atomic mass is 35.5. The summed E-state index contributed by atoms with van der Waals surface area (Å²) in [6, 6.07) is 10.5. The quantitative estimate of drug-likeness (QED) is 0.653. The molecule has 0 aliphatic carbocycles. The molecule has 25 heavy (non-hydrogen) atoms. The zero-order chi connectivity index (χ0) is 18.1. The number of carbonyl (C=O) groups is 1. The summed E-state index contributed by atoms with van der Waals surface area (Å²) in [6.07, 6.45) is 1.13. The summed E-state index contributed by atoms with van der Waals surface area (Å²) in [5.74, 6) is 0. The van der Waals surface area contributed by atoms with E-state index in [1.54, 1.807) is 31.2 Å². The largest absolute Gasteiger partial charge is 0.336 e. The normalized spacial score (nSPS) is 12.3. The summed E-state index contributed by atoms with van der Waals surface area (Å²) in [7, 11) is 0. The molecule has 0 fully saturated rings. The summed E-state index contributed by atoms with van der Waals surface area (Å²) >= 11 is 12.0. The highest BCUT2D eigenvalue weighted by Gasteiger charge is 2.19. The van der Waals surface area contributed by atoms with Gasteiger partial charge in [0.1, 0.15) is 6.29 Å². The van der Waals surface area contributed by atoms with Crippen LogP contribution in [0.5, 0.6) is 0 Å². The summed E-state index contributed by atoms with van der Waals surface area (Å²) in [6.45, 7) is 1.80. The topological polar surface area (TPSA) is 61.1 Å². The molecule has 0 N–H and O–H groups in total. The van der Waals surface area contributed by atoms with Gasteiger partial charge in [0.15, 0.2) is 0 Å². The number of aromatic nitrogens is 2. The Morgan fingerprint density at radius 2 is 1.80 bits per heavy atom. The Bertz CT molecular complexity index is 1090. The third-order valence-electron chi connectivity index (χ3n) is 4.06. The molecule has 3 rings (SSSR count). The van der Waals surface area contributed by atoms with Crippen molar-refractivity contribution in [2.75, 3.05) is 0 Å². The fraction of sp³-hybridized carbons (Fsp3) is 0.167. The van der Waals surface area contributed by atoms with E-state index >= 15 is 0 Å². The molecule has 0 aliphatic rings. The van der Waals surface area contributed by atoms with Crippen LogP contribution >= 0.6 is 23.2 Å². The van der Waals surface area contributed by atoms with Crippen LogP contribution in [0, 0.1) is 0 Å². The minimum absolute atomic E-state index is 0.229. The van der Waals surface area contributed by atoms with Crippen molar-refractivity contribution < 1.29 is 4.79 Å². The van der Waals surface area contributed by atoms with Gasteiger partial charge in [-0.25, -0.2) is 9.36 Å². The lowest BCUT2D eigenvalue weighted by Crippen LogP contribution is -2.40. The van der Waals surface area contributed by atoms with E-state index < -0.39 is 17.3 Å². The Morgan fingerprint density at radius 1 is 1.08 bits per heavy atom. The first-order chi connectivity index (χ1) is 12.0. The first-order valence-corrected chi connectivity index (χ1v) is 8.42. The van der Waals surface area contributed by atoms with E-state index in [-0.39, 0.29) is 5.02 Å². The van der Waals surface area contributed by atoms with Crippen molar-refractivity contribution in [1.82, 2.24) is 9.13 Å². The average Bonchev–Trinajstić information content (AvgIpc) is 2.61. The first-order valence-electron chi connectivity index (χ1n) is 7.66.